The Morgan fingerprint density at radius 2 is 2.14 bits per heavy atom. The van der Waals surface area contributed by atoms with E-state index in [2.05, 4.69) is 11.4 Å². The summed E-state index contributed by atoms with van der Waals surface area (Å²) in [6.45, 7) is 1.70. The predicted octanol–water partition coefficient (Wildman–Crippen LogP) is 3.09. The van der Waals surface area contributed by atoms with E-state index >= 15 is 0 Å². The van der Waals surface area contributed by atoms with Gasteiger partial charge in [-0.25, -0.2) is 4.79 Å². The molecule has 1 aromatic heterocycles. The van der Waals surface area contributed by atoms with Crippen molar-refractivity contribution in [2.75, 3.05) is 12.4 Å². The van der Waals surface area contributed by atoms with Crippen LogP contribution in [-0.4, -0.2) is 19.0 Å². The van der Waals surface area contributed by atoms with Gasteiger partial charge in [0.1, 0.15) is 15.9 Å². The van der Waals surface area contributed by atoms with Crippen LogP contribution in [0.25, 0.3) is 0 Å². The molecule has 0 saturated heterocycles. The molecule has 116 valence electrons. The molecular weight excluding hydrogens is 300 g/mol. The van der Waals surface area contributed by atoms with Gasteiger partial charge in [-0.3, -0.25) is 4.79 Å². The summed E-state index contributed by atoms with van der Waals surface area (Å²) >= 11 is 1.12. The minimum Gasteiger partial charge on any atom is -0.465 e. The van der Waals surface area contributed by atoms with Gasteiger partial charge in [0.25, 0.3) is 0 Å². The highest BCUT2D eigenvalue weighted by molar-refractivity contribution is 7.18. The van der Waals surface area contributed by atoms with E-state index in [4.69, 9.17) is 4.74 Å². The number of nitriles is 1. The van der Waals surface area contributed by atoms with E-state index in [-0.39, 0.29) is 11.8 Å². The number of fused-ring (bicyclic) bond motifs is 2. The van der Waals surface area contributed by atoms with E-state index in [9.17, 15) is 14.9 Å². The molecule has 0 aromatic carbocycles. The molecule has 2 aliphatic carbocycles. The average Bonchev–Trinajstić information content (AvgIpc) is 3.21. The highest BCUT2D eigenvalue weighted by Gasteiger charge is 2.43. The van der Waals surface area contributed by atoms with Crippen LogP contribution < -0.4 is 5.32 Å². The van der Waals surface area contributed by atoms with Crippen molar-refractivity contribution in [3.63, 3.8) is 0 Å². The Kier molecular flexibility index (Phi) is 3.92. The fraction of sp³-hybridized carbons (Fsp3) is 0.562. The Morgan fingerprint density at radius 3 is 2.68 bits per heavy atom. The van der Waals surface area contributed by atoms with Crippen LogP contribution in [0.5, 0.6) is 0 Å². The smallest absolute Gasteiger partial charge is 0.348 e. The van der Waals surface area contributed by atoms with Crippen molar-refractivity contribution in [3.05, 3.63) is 16.0 Å². The first-order valence-corrected chi connectivity index (χ1v) is 8.29. The maximum atomic E-state index is 12.5. The Hall–Kier alpha value is -1.87. The molecule has 1 heterocycles. The molecule has 2 aliphatic rings. The molecule has 3 rings (SSSR count). The van der Waals surface area contributed by atoms with Crippen LogP contribution in [0.1, 0.15) is 46.5 Å². The lowest BCUT2D eigenvalue weighted by Crippen LogP contribution is -2.27. The van der Waals surface area contributed by atoms with Gasteiger partial charge in [-0.15, -0.1) is 11.3 Å². The standard InChI is InChI=1S/C16H18N2O3S/c1-8-12(7-17)15(22-13(8)16(20)21-2)18-14(19)11-6-9-3-4-10(11)5-9/h9-11H,3-6H2,1-2H3,(H,18,19)/t9-,10-,11-/m0/s1. The van der Waals surface area contributed by atoms with E-state index in [1.54, 1.807) is 6.92 Å². The summed E-state index contributed by atoms with van der Waals surface area (Å²) < 4.78 is 4.72. The van der Waals surface area contributed by atoms with Gasteiger partial charge in [0.15, 0.2) is 0 Å². The summed E-state index contributed by atoms with van der Waals surface area (Å²) in [4.78, 5) is 24.6. The lowest BCUT2D eigenvalue weighted by molar-refractivity contribution is -0.121. The monoisotopic (exact) mass is 318 g/mol. The topological polar surface area (TPSA) is 79.2 Å². The van der Waals surface area contributed by atoms with E-state index < -0.39 is 5.97 Å². The summed E-state index contributed by atoms with van der Waals surface area (Å²) in [5.74, 6) is 0.735. The van der Waals surface area contributed by atoms with Gasteiger partial charge in [-0.1, -0.05) is 6.42 Å². The molecule has 1 N–H and O–H groups in total. The normalized spacial score (nSPS) is 25.8. The number of nitrogens with one attached hydrogen (secondary N) is 1. The Balaban J connectivity index is 1.81. The first-order valence-electron chi connectivity index (χ1n) is 7.47. The molecule has 2 fully saturated rings. The Bertz CT molecular complexity index is 674. The highest BCUT2D eigenvalue weighted by atomic mass is 32.1. The minimum absolute atomic E-state index is 0.0126. The molecule has 1 aromatic rings. The van der Waals surface area contributed by atoms with E-state index in [1.807, 2.05) is 0 Å². The number of ether oxygens (including phenoxy) is 1. The predicted molar refractivity (Wildman–Crippen MR) is 82.7 cm³/mol. The van der Waals surface area contributed by atoms with Gasteiger partial charge >= 0.3 is 5.97 Å². The molecule has 0 spiro atoms. The fourth-order valence-corrected chi connectivity index (χ4v) is 4.87. The molecule has 6 heteroatoms. The molecule has 2 saturated carbocycles. The number of hydrogen-bond acceptors (Lipinski definition) is 5. The van der Waals surface area contributed by atoms with Crippen LogP contribution in [-0.2, 0) is 9.53 Å². The Morgan fingerprint density at radius 1 is 1.36 bits per heavy atom. The third kappa shape index (κ3) is 2.40. The molecule has 0 unspecified atom stereocenters. The number of esters is 1. The number of thiophene rings is 1. The van der Waals surface area contributed by atoms with Crippen LogP contribution in [0.15, 0.2) is 0 Å². The van der Waals surface area contributed by atoms with Gasteiger partial charge in [-0.05, 0) is 43.6 Å². The average molecular weight is 318 g/mol. The summed E-state index contributed by atoms with van der Waals surface area (Å²) in [6.07, 6.45) is 4.47. The van der Waals surface area contributed by atoms with Crippen molar-refractivity contribution in [1.29, 1.82) is 5.26 Å². The molecule has 22 heavy (non-hydrogen) atoms. The minimum atomic E-state index is -0.473. The zero-order valence-corrected chi connectivity index (χ0v) is 13.5. The van der Waals surface area contributed by atoms with Crippen LogP contribution >= 0.6 is 11.3 Å². The van der Waals surface area contributed by atoms with Crippen molar-refractivity contribution >= 4 is 28.2 Å². The van der Waals surface area contributed by atoms with Crippen molar-refractivity contribution in [2.45, 2.75) is 32.6 Å². The summed E-state index contributed by atoms with van der Waals surface area (Å²) in [5, 5.41) is 12.6. The molecule has 3 atom stereocenters. The number of carbonyl (C=O) groups is 2. The van der Waals surface area contributed by atoms with Crippen molar-refractivity contribution < 1.29 is 14.3 Å². The third-order valence-corrected chi connectivity index (χ3v) is 6.13. The maximum absolute atomic E-state index is 12.5. The number of methoxy groups -OCH3 is 1. The number of rotatable bonds is 3. The fourth-order valence-electron chi connectivity index (χ4n) is 3.79. The SMILES string of the molecule is COC(=O)c1sc(NC(=O)[C@H]2C[C@H]3CC[C@H]2C3)c(C#N)c1C. The van der Waals surface area contributed by atoms with Gasteiger partial charge < -0.3 is 10.1 Å². The molecule has 1 amide bonds. The number of nitrogens with zero attached hydrogens (tertiary/aromatic N) is 1. The van der Waals surface area contributed by atoms with Gasteiger partial charge in [0.05, 0.1) is 12.7 Å². The molecule has 0 radical (unpaired) electrons. The number of hydrogen-bond donors (Lipinski definition) is 1. The van der Waals surface area contributed by atoms with Crippen LogP contribution in [0, 0.1) is 36.0 Å². The van der Waals surface area contributed by atoms with E-state index in [1.165, 1.54) is 13.5 Å². The molecule has 0 aliphatic heterocycles. The van der Waals surface area contributed by atoms with Crippen molar-refractivity contribution in [2.24, 2.45) is 17.8 Å². The van der Waals surface area contributed by atoms with Crippen LogP contribution in [0.3, 0.4) is 0 Å². The largest absolute Gasteiger partial charge is 0.465 e. The zero-order valence-electron chi connectivity index (χ0n) is 12.6. The number of carbonyl (C=O) groups excluding carboxylic acids is 2. The first-order chi connectivity index (χ1) is 10.5. The van der Waals surface area contributed by atoms with E-state index in [0.29, 0.717) is 32.8 Å². The highest BCUT2D eigenvalue weighted by Crippen LogP contribution is 2.48. The van der Waals surface area contributed by atoms with Gasteiger partial charge in [-0.2, -0.15) is 5.26 Å². The number of anilines is 1. The lowest BCUT2D eigenvalue weighted by atomic mass is 9.88. The molecular formula is C16H18N2O3S. The second kappa shape index (κ2) is 5.73. The summed E-state index contributed by atoms with van der Waals surface area (Å²) in [6, 6.07) is 2.08. The third-order valence-electron chi connectivity index (χ3n) is 4.94. The molecule has 5 nitrogen and oxygen atoms in total. The van der Waals surface area contributed by atoms with Crippen molar-refractivity contribution in [3.8, 4) is 6.07 Å². The van der Waals surface area contributed by atoms with Crippen LogP contribution in [0.4, 0.5) is 5.00 Å². The second-order valence-electron chi connectivity index (χ2n) is 6.13. The van der Waals surface area contributed by atoms with Gasteiger partial charge in [0, 0.05) is 5.92 Å². The summed E-state index contributed by atoms with van der Waals surface area (Å²) in [5.41, 5.74) is 0.935. The Labute approximate surface area is 133 Å². The lowest BCUT2D eigenvalue weighted by Gasteiger charge is -2.20. The number of amides is 1. The summed E-state index contributed by atoms with van der Waals surface area (Å²) in [7, 11) is 1.31. The molecule has 2 bridgehead atoms. The van der Waals surface area contributed by atoms with Gasteiger partial charge in [0.2, 0.25) is 5.91 Å². The second-order valence-corrected chi connectivity index (χ2v) is 7.15. The zero-order chi connectivity index (χ0) is 15.9. The van der Waals surface area contributed by atoms with Crippen LogP contribution in [0.2, 0.25) is 0 Å². The first kappa shape index (κ1) is 15.0. The van der Waals surface area contributed by atoms with Crippen molar-refractivity contribution in [1.82, 2.24) is 0 Å². The quantitative estimate of drug-likeness (QED) is 0.869. The van der Waals surface area contributed by atoms with E-state index in [0.717, 1.165) is 30.6 Å². The maximum Gasteiger partial charge on any atom is 0.348 e.